The Morgan fingerprint density at radius 2 is 1.59 bits per heavy atom. The summed E-state index contributed by atoms with van der Waals surface area (Å²) in [6.45, 7) is 3.88. The first-order valence-electron chi connectivity index (χ1n) is 10.1. The van der Waals surface area contributed by atoms with Crippen LogP contribution in [0.3, 0.4) is 0 Å². The lowest BCUT2D eigenvalue weighted by Gasteiger charge is -2.37. The molecule has 3 fully saturated rings. The molecule has 3 aliphatic rings. The fourth-order valence-corrected chi connectivity index (χ4v) is 4.66. The molecule has 0 spiro atoms. The second-order valence-electron chi connectivity index (χ2n) is 7.91. The van der Waals surface area contributed by atoms with E-state index in [2.05, 4.69) is 5.32 Å². The third-order valence-electron chi connectivity index (χ3n) is 6.25. The number of amides is 3. The molecule has 0 saturated carbocycles. The lowest BCUT2D eigenvalue weighted by Crippen LogP contribution is -2.43. The van der Waals surface area contributed by atoms with Crippen molar-refractivity contribution in [3.05, 3.63) is 29.8 Å². The lowest BCUT2D eigenvalue weighted by molar-refractivity contribution is -0.121. The lowest BCUT2D eigenvalue weighted by atomic mass is 9.80. The topological polar surface area (TPSA) is 69.7 Å². The SMILES string of the molecule is O=C(c1ccc(N2C(=O)CCC2=O)cc1)N1CCC(C2CCCNC2)CC1. The predicted octanol–water partition coefficient (Wildman–Crippen LogP) is 2.19. The summed E-state index contributed by atoms with van der Waals surface area (Å²) >= 11 is 0. The fourth-order valence-electron chi connectivity index (χ4n) is 4.66. The molecule has 1 N–H and O–H groups in total. The van der Waals surface area contributed by atoms with Crippen molar-refractivity contribution in [2.75, 3.05) is 31.1 Å². The highest BCUT2D eigenvalue weighted by atomic mass is 16.2. The second kappa shape index (κ2) is 7.80. The Morgan fingerprint density at radius 1 is 0.926 bits per heavy atom. The van der Waals surface area contributed by atoms with Crippen LogP contribution in [0.1, 0.15) is 48.9 Å². The molecule has 3 saturated heterocycles. The average Bonchev–Trinajstić information content (AvgIpc) is 3.06. The molecule has 0 radical (unpaired) electrons. The summed E-state index contributed by atoms with van der Waals surface area (Å²) in [6, 6.07) is 6.87. The van der Waals surface area contributed by atoms with Crippen LogP contribution in [0.5, 0.6) is 0 Å². The molecule has 0 bridgehead atoms. The number of hydrogen-bond acceptors (Lipinski definition) is 4. The largest absolute Gasteiger partial charge is 0.339 e. The number of nitrogens with one attached hydrogen (secondary N) is 1. The second-order valence-corrected chi connectivity index (χ2v) is 7.91. The summed E-state index contributed by atoms with van der Waals surface area (Å²) < 4.78 is 0. The number of nitrogens with zero attached hydrogens (tertiary/aromatic N) is 2. The summed E-state index contributed by atoms with van der Waals surface area (Å²) in [6.07, 6.45) is 5.26. The predicted molar refractivity (Wildman–Crippen MR) is 102 cm³/mol. The molecule has 6 nitrogen and oxygen atoms in total. The highest BCUT2D eigenvalue weighted by Gasteiger charge is 2.31. The van der Waals surface area contributed by atoms with Crippen LogP contribution in [0.2, 0.25) is 0 Å². The molecule has 3 amide bonds. The van der Waals surface area contributed by atoms with Gasteiger partial charge < -0.3 is 10.2 Å². The normalized spacial score (nSPS) is 24.5. The zero-order valence-electron chi connectivity index (χ0n) is 15.7. The zero-order valence-corrected chi connectivity index (χ0v) is 15.7. The smallest absolute Gasteiger partial charge is 0.253 e. The van der Waals surface area contributed by atoms with E-state index in [0.717, 1.165) is 50.9 Å². The number of benzene rings is 1. The van der Waals surface area contributed by atoms with Crippen LogP contribution in [-0.4, -0.2) is 48.8 Å². The van der Waals surface area contributed by atoms with Crippen LogP contribution < -0.4 is 10.2 Å². The average molecular weight is 369 g/mol. The Hall–Kier alpha value is -2.21. The standard InChI is InChI=1S/C21H27N3O3/c25-19-7-8-20(26)24(19)18-5-3-16(4-6-18)21(27)23-12-9-15(10-13-23)17-2-1-11-22-14-17/h3-6,15,17,22H,1-2,7-14H2. The molecule has 1 aromatic rings. The van der Waals surface area contributed by atoms with Gasteiger partial charge in [0.25, 0.3) is 5.91 Å². The first-order valence-corrected chi connectivity index (χ1v) is 10.1. The van der Waals surface area contributed by atoms with E-state index >= 15 is 0 Å². The van der Waals surface area contributed by atoms with Gasteiger partial charge in [0, 0.05) is 31.5 Å². The van der Waals surface area contributed by atoms with Gasteiger partial charge >= 0.3 is 0 Å². The van der Waals surface area contributed by atoms with Crippen molar-refractivity contribution in [1.82, 2.24) is 10.2 Å². The molecule has 1 aromatic carbocycles. The molecule has 0 aromatic heterocycles. The van der Waals surface area contributed by atoms with Crippen molar-refractivity contribution in [2.45, 2.75) is 38.5 Å². The summed E-state index contributed by atoms with van der Waals surface area (Å²) in [5, 5.41) is 3.49. The molecule has 6 heteroatoms. The van der Waals surface area contributed by atoms with Gasteiger partial charge in [0.2, 0.25) is 11.8 Å². The number of anilines is 1. The van der Waals surface area contributed by atoms with Crippen LogP contribution in [0.25, 0.3) is 0 Å². The molecule has 144 valence electrons. The Kier molecular flexibility index (Phi) is 5.25. The quantitative estimate of drug-likeness (QED) is 0.830. The van der Waals surface area contributed by atoms with Crippen molar-refractivity contribution < 1.29 is 14.4 Å². The number of piperidine rings is 2. The number of imide groups is 1. The van der Waals surface area contributed by atoms with Gasteiger partial charge in [0.05, 0.1) is 5.69 Å². The molecule has 3 aliphatic heterocycles. The van der Waals surface area contributed by atoms with Crippen LogP contribution in [0, 0.1) is 11.8 Å². The van der Waals surface area contributed by atoms with E-state index in [1.807, 2.05) is 4.90 Å². The van der Waals surface area contributed by atoms with Crippen molar-refractivity contribution >= 4 is 23.4 Å². The minimum absolute atomic E-state index is 0.0424. The third kappa shape index (κ3) is 3.76. The number of likely N-dealkylation sites (tertiary alicyclic amines) is 1. The number of carbonyl (C=O) groups excluding carboxylic acids is 3. The summed E-state index contributed by atoms with van der Waals surface area (Å²) in [7, 11) is 0. The van der Waals surface area contributed by atoms with Crippen molar-refractivity contribution in [3.63, 3.8) is 0 Å². The van der Waals surface area contributed by atoms with E-state index in [1.54, 1.807) is 24.3 Å². The third-order valence-corrected chi connectivity index (χ3v) is 6.25. The maximum Gasteiger partial charge on any atom is 0.253 e. The molecule has 1 atom stereocenters. The number of carbonyl (C=O) groups is 3. The van der Waals surface area contributed by atoms with Crippen molar-refractivity contribution in [1.29, 1.82) is 0 Å². The molecular formula is C21H27N3O3. The molecule has 4 rings (SSSR count). The van der Waals surface area contributed by atoms with Gasteiger partial charge in [-0.2, -0.15) is 0 Å². The Morgan fingerprint density at radius 3 is 2.19 bits per heavy atom. The zero-order chi connectivity index (χ0) is 18.8. The Balaban J connectivity index is 1.36. The van der Waals surface area contributed by atoms with Crippen LogP contribution in [-0.2, 0) is 9.59 Å². The molecular weight excluding hydrogens is 342 g/mol. The monoisotopic (exact) mass is 369 g/mol. The van der Waals surface area contributed by atoms with Crippen LogP contribution in [0.4, 0.5) is 5.69 Å². The van der Waals surface area contributed by atoms with Gasteiger partial charge in [0.1, 0.15) is 0 Å². The van der Waals surface area contributed by atoms with Gasteiger partial charge in [0.15, 0.2) is 0 Å². The maximum absolute atomic E-state index is 12.8. The summed E-state index contributed by atoms with van der Waals surface area (Å²) in [5.74, 6) is 1.18. The highest BCUT2D eigenvalue weighted by Crippen LogP contribution is 2.30. The van der Waals surface area contributed by atoms with Crippen LogP contribution in [0.15, 0.2) is 24.3 Å². The van der Waals surface area contributed by atoms with E-state index < -0.39 is 0 Å². The fraction of sp³-hybridized carbons (Fsp3) is 0.571. The maximum atomic E-state index is 12.8. The highest BCUT2D eigenvalue weighted by molar-refractivity contribution is 6.19. The van der Waals surface area contributed by atoms with Gasteiger partial charge in [-0.25, -0.2) is 0 Å². The molecule has 0 aliphatic carbocycles. The minimum Gasteiger partial charge on any atom is -0.339 e. The number of hydrogen-bond donors (Lipinski definition) is 1. The van der Waals surface area contributed by atoms with E-state index in [0.29, 0.717) is 11.3 Å². The Labute approximate surface area is 159 Å². The summed E-state index contributed by atoms with van der Waals surface area (Å²) in [5.41, 5.74) is 1.18. The number of rotatable bonds is 3. The first-order chi connectivity index (χ1) is 13.1. The van der Waals surface area contributed by atoms with E-state index in [1.165, 1.54) is 17.7 Å². The van der Waals surface area contributed by atoms with Gasteiger partial charge in [-0.1, -0.05) is 0 Å². The van der Waals surface area contributed by atoms with Gasteiger partial charge in [-0.15, -0.1) is 0 Å². The van der Waals surface area contributed by atoms with Gasteiger partial charge in [-0.05, 0) is 74.9 Å². The molecule has 27 heavy (non-hydrogen) atoms. The van der Waals surface area contributed by atoms with E-state index in [-0.39, 0.29) is 30.6 Å². The van der Waals surface area contributed by atoms with Crippen molar-refractivity contribution in [2.24, 2.45) is 11.8 Å². The summed E-state index contributed by atoms with van der Waals surface area (Å²) in [4.78, 5) is 39.6. The van der Waals surface area contributed by atoms with Gasteiger partial charge in [-0.3, -0.25) is 19.3 Å². The van der Waals surface area contributed by atoms with Crippen LogP contribution >= 0.6 is 0 Å². The molecule has 1 unspecified atom stereocenters. The van der Waals surface area contributed by atoms with E-state index in [9.17, 15) is 14.4 Å². The Bertz CT molecular complexity index is 701. The minimum atomic E-state index is -0.168. The van der Waals surface area contributed by atoms with Crippen molar-refractivity contribution in [3.8, 4) is 0 Å². The first kappa shape index (κ1) is 18.2. The van der Waals surface area contributed by atoms with E-state index in [4.69, 9.17) is 0 Å². The molecule has 3 heterocycles.